The summed E-state index contributed by atoms with van der Waals surface area (Å²) in [5, 5.41) is 8.08. The number of benzene rings is 2. The SMILES string of the molecule is CNCCCn1cc(C2=C(c3c[nH]c4ccccc34)C(=O)NC2=O)c2ccc(Cl)cc21. The van der Waals surface area contributed by atoms with Crippen molar-refractivity contribution in [3.05, 3.63) is 71.0 Å². The van der Waals surface area contributed by atoms with E-state index in [0.29, 0.717) is 16.2 Å². The summed E-state index contributed by atoms with van der Waals surface area (Å²) in [6.07, 6.45) is 4.67. The maximum atomic E-state index is 13.0. The maximum absolute atomic E-state index is 13.0. The highest BCUT2D eigenvalue weighted by Gasteiger charge is 2.35. The van der Waals surface area contributed by atoms with Crippen LogP contribution in [0.4, 0.5) is 0 Å². The number of halogens is 1. The van der Waals surface area contributed by atoms with Crippen LogP contribution in [0.5, 0.6) is 0 Å². The number of rotatable bonds is 6. The van der Waals surface area contributed by atoms with Crippen LogP contribution in [0.2, 0.25) is 5.02 Å². The molecule has 0 bridgehead atoms. The molecule has 0 atom stereocenters. The Morgan fingerprint density at radius 3 is 2.58 bits per heavy atom. The monoisotopic (exact) mass is 432 g/mol. The van der Waals surface area contributed by atoms with Gasteiger partial charge in [-0.05, 0) is 38.2 Å². The van der Waals surface area contributed by atoms with Gasteiger partial charge in [0.05, 0.1) is 16.7 Å². The van der Waals surface area contributed by atoms with Crippen LogP contribution in [0.3, 0.4) is 0 Å². The predicted molar refractivity (Wildman–Crippen MR) is 124 cm³/mol. The number of H-pyrrole nitrogens is 1. The lowest BCUT2D eigenvalue weighted by Gasteiger charge is -2.05. The number of nitrogens with zero attached hydrogens (tertiary/aromatic N) is 1. The minimum atomic E-state index is -0.380. The summed E-state index contributed by atoms with van der Waals surface area (Å²) in [5.41, 5.74) is 4.11. The van der Waals surface area contributed by atoms with Gasteiger partial charge in [-0.1, -0.05) is 35.9 Å². The van der Waals surface area contributed by atoms with Crippen molar-refractivity contribution in [2.24, 2.45) is 0 Å². The van der Waals surface area contributed by atoms with Gasteiger partial charge in [-0.15, -0.1) is 0 Å². The number of imide groups is 1. The second-order valence-electron chi connectivity index (χ2n) is 7.64. The van der Waals surface area contributed by atoms with Crippen molar-refractivity contribution in [2.45, 2.75) is 13.0 Å². The minimum Gasteiger partial charge on any atom is -0.361 e. The van der Waals surface area contributed by atoms with E-state index in [2.05, 4.69) is 20.2 Å². The molecule has 5 rings (SSSR count). The van der Waals surface area contributed by atoms with Crippen molar-refractivity contribution < 1.29 is 9.59 Å². The summed E-state index contributed by atoms with van der Waals surface area (Å²) in [5.74, 6) is -0.760. The summed E-state index contributed by atoms with van der Waals surface area (Å²) < 4.78 is 2.10. The number of aryl methyl sites for hydroxylation is 1. The molecule has 4 aromatic rings. The molecule has 0 saturated carbocycles. The fourth-order valence-corrected chi connectivity index (χ4v) is 4.49. The van der Waals surface area contributed by atoms with Crippen LogP contribution in [0, 0.1) is 0 Å². The second-order valence-corrected chi connectivity index (χ2v) is 8.07. The van der Waals surface area contributed by atoms with Gasteiger partial charge in [0.1, 0.15) is 0 Å². The van der Waals surface area contributed by atoms with Crippen LogP contribution in [-0.2, 0) is 16.1 Å². The number of hydrogen-bond donors (Lipinski definition) is 3. The standard InChI is InChI=1S/C24H21ClN4O2/c1-26-9-4-10-29-13-18(16-8-7-14(25)11-20(16)29)22-21(23(30)28-24(22)31)17-12-27-19-6-3-2-5-15(17)19/h2-3,5-8,11-13,26-27H,4,9-10H2,1H3,(H,28,30,31). The van der Waals surface area contributed by atoms with Crippen molar-refractivity contribution in [1.82, 2.24) is 20.2 Å². The normalized spacial score (nSPS) is 14.3. The van der Waals surface area contributed by atoms with E-state index in [-0.39, 0.29) is 11.8 Å². The van der Waals surface area contributed by atoms with Crippen LogP contribution >= 0.6 is 11.6 Å². The number of aromatic amines is 1. The molecule has 3 N–H and O–H groups in total. The highest BCUT2D eigenvalue weighted by molar-refractivity contribution is 6.50. The Kier molecular flexibility index (Phi) is 4.88. The van der Waals surface area contributed by atoms with Crippen LogP contribution < -0.4 is 10.6 Å². The molecule has 2 aromatic carbocycles. The summed E-state index contributed by atoms with van der Waals surface area (Å²) >= 11 is 6.27. The minimum absolute atomic E-state index is 0.380. The van der Waals surface area contributed by atoms with Crippen molar-refractivity contribution in [2.75, 3.05) is 13.6 Å². The molecular formula is C24H21ClN4O2. The first-order valence-corrected chi connectivity index (χ1v) is 10.6. The molecule has 0 unspecified atom stereocenters. The third-order valence-electron chi connectivity index (χ3n) is 5.73. The molecule has 0 fully saturated rings. The number of fused-ring (bicyclic) bond motifs is 2. The number of para-hydroxylation sites is 1. The van der Waals surface area contributed by atoms with Gasteiger partial charge >= 0.3 is 0 Å². The van der Waals surface area contributed by atoms with E-state index in [1.165, 1.54) is 0 Å². The fraction of sp³-hybridized carbons (Fsp3) is 0.167. The topological polar surface area (TPSA) is 78.9 Å². The third-order valence-corrected chi connectivity index (χ3v) is 5.96. The fourth-order valence-electron chi connectivity index (χ4n) is 4.32. The smallest absolute Gasteiger partial charge is 0.259 e. The predicted octanol–water partition coefficient (Wildman–Crippen LogP) is 3.95. The molecule has 0 aliphatic carbocycles. The van der Waals surface area contributed by atoms with Gasteiger partial charge in [0.25, 0.3) is 11.8 Å². The molecular weight excluding hydrogens is 412 g/mol. The Bertz CT molecular complexity index is 1380. The molecule has 156 valence electrons. The molecule has 6 nitrogen and oxygen atoms in total. The Morgan fingerprint density at radius 2 is 1.77 bits per heavy atom. The van der Waals surface area contributed by atoms with Gasteiger partial charge in [-0.25, -0.2) is 0 Å². The molecule has 1 aliphatic heterocycles. The Balaban J connectivity index is 1.75. The number of aromatic nitrogens is 2. The van der Waals surface area contributed by atoms with Gasteiger partial charge in [0, 0.05) is 51.4 Å². The van der Waals surface area contributed by atoms with E-state index in [1.54, 1.807) is 6.20 Å². The first kappa shape index (κ1) is 19.6. The first-order valence-electron chi connectivity index (χ1n) is 10.2. The molecule has 31 heavy (non-hydrogen) atoms. The highest BCUT2D eigenvalue weighted by atomic mass is 35.5. The molecule has 0 saturated heterocycles. The molecule has 1 aliphatic rings. The quantitative estimate of drug-likeness (QED) is 0.319. The number of nitrogens with one attached hydrogen (secondary N) is 3. The lowest BCUT2D eigenvalue weighted by Crippen LogP contribution is -2.22. The zero-order chi connectivity index (χ0) is 21.5. The van der Waals surface area contributed by atoms with E-state index in [0.717, 1.165) is 52.4 Å². The lowest BCUT2D eigenvalue weighted by molar-refractivity contribution is -0.122. The van der Waals surface area contributed by atoms with Gasteiger partial charge < -0.3 is 14.9 Å². The summed E-state index contributed by atoms with van der Waals surface area (Å²) in [7, 11) is 1.92. The number of amides is 2. The first-order chi connectivity index (χ1) is 15.1. The maximum Gasteiger partial charge on any atom is 0.259 e. The third kappa shape index (κ3) is 3.24. The average Bonchev–Trinajstić information content (AvgIpc) is 3.41. The zero-order valence-electron chi connectivity index (χ0n) is 17.0. The van der Waals surface area contributed by atoms with E-state index in [4.69, 9.17) is 11.6 Å². The van der Waals surface area contributed by atoms with E-state index < -0.39 is 0 Å². The van der Waals surface area contributed by atoms with Crippen LogP contribution in [-0.4, -0.2) is 35.0 Å². The van der Waals surface area contributed by atoms with Crippen molar-refractivity contribution in [3.63, 3.8) is 0 Å². The summed E-state index contributed by atoms with van der Waals surface area (Å²) in [4.78, 5) is 29.0. The van der Waals surface area contributed by atoms with E-state index in [9.17, 15) is 9.59 Å². The molecule has 3 heterocycles. The van der Waals surface area contributed by atoms with Crippen LogP contribution in [0.15, 0.2) is 54.9 Å². The molecule has 0 radical (unpaired) electrons. The Hall–Kier alpha value is -3.35. The van der Waals surface area contributed by atoms with Crippen molar-refractivity contribution in [3.8, 4) is 0 Å². The zero-order valence-corrected chi connectivity index (χ0v) is 17.7. The van der Waals surface area contributed by atoms with Gasteiger partial charge in [-0.3, -0.25) is 14.9 Å². The van der Waals surface area contributed by atoms with E-state index in [1.807, 2.05) is 55.7 Å². The van der Waals surface area contributed by atoms with Crippen LogP contribution in [0.25, 0.3) is 33.0 Å². The lowest BCUT2D eigenvalue weighted by atomic mass is 9.95. The molecule has 0 spiro atoms. The summed E-state index contributed by atoms with van der Waals surface area (Å²) in [6.45, 7) is 1.64. The summed E-state index contributed by atoms with van der Waals surface area (Å²) in [6, 6.07) is 13.4. The highest BCUT2D eigenvalue weighted by Crippen LogP contribution is 2.38. The Labute approximate surface area is 183 Å². The van der Waals surface area contributed by atoms with Gasteiger partial charge in [0.15, 0.2) is 0 Å². The number of carbonyl (C=O) groups is 2. The Morgan fingerprint density at radius 1 is 1.00 bits per heavy atom. The van der Waals surface area contributed by atoms with Crippen LogP contribution in [0.1, 0.15) is 17.5 Å². The largest absolute Gasteiger partial charge is 0.361 e. The van der Waals surface area contributed by atoms with Crippen molar-refractivity contribution in [1.29, 1.82) is 0 Å². The number of carbonyl (C=O) groups excluding carboxylic acids is 2. The number of hydrogen-bond acceptors (Lipinski definition) is 3. The molecule has 2 amide bonds. The second kappa shape index (κ2) is 7.72. The molecule has 2 aromatic heterocycles. The van der Waals surface area contributed by atoms with Gasteiger partial charge in [-0.2, -0.15) is 0 Å². The average molecular weight is 433 g/mol. The van der Waals surface area contributed by atoms with E-state index >= 15 is 0 Å². The van der Waals surface area contributed by atoms with Gasteiger partial charge in [0.2, 0.25) is 0 Å². The van der Waals surface area contributed by atoms with Crippen molar-refractivity contribution >= 4 is 56.4 Å². The molecule has 7 heteroatoms.